The molecule has 0 aromatic heterocycles. The van der Waals surface area contributed by atoms with E-state index in [1.54, 1.807) is 13.8 Å². The molecule has 0 saturated carbocycles. The van der Waals surface area contributed by atoms with Crippen LogP contribution in [0, 0.1) is 0 Å². The number of benzene rings is 1. The molecule has 1 atom stereocenters. The van der Waals surface area contributed by atoms with E-state index in [1.165, 1.54) is 0 Å². The summed E-state index contributed by atoms with van der Waals surface area (Å²) in [6, 6.07) is 6.98. The highest BCUT2D eigenvalue weighted by Crippen LogP contribution is 2.51. The third-order valence-electron chi connectivity index (χ3n) is 2.70. The molecule has 5 nitrogen and oxygen atoms in total. The summed E-state index contributed by atoms with van der Waals surface area (Å²) < 4.78 is 22.9. The summed E-state index contributed by atoms with van der Waals surface area (Å²) in [6.45, 7) is 4.28. The predicted octanol–water partition coefficient (Wildman–Crippen LogP) is 2.52. The largest absolute Gasteiger partial charge is 0.335 e. The van der Waals surface area contributed by atoms with E-state index < -0.39 is 13.6 Å². The van der Waals surface area contributed by atoms with E-state index in [2.05, 4.69) is 0 Å². The molecule has 0 saturated heterocycles. The minimum atomic E-state index is -3.07. The molecule has 0 bridgehead atoms. The lowest BCUT2D eigenvalue weighted by Crippen LogP contribution is -2.23. The molecule has 0 amide bonds. The fraction of sp³-hybridized carbons (Fsp3) is 0.500. The van der Waals surface area contributed by atoms with Crippen molar-refractivity contribution in [3.05, 3.63) is 35.4 Å². The van der Waals surface area contributed by atoms with Gasteiger partial charge in [-0.25, -0.2) is 0 Å². The molecule has 0 heterocycles. The summed E-state index contributed by atoms with van der Waals surface area (Å²) in [5, 5.41) is 0. The average molecular weight is 299 g/mol. The zero-order valence-corrected chi connectivity index (χ0v) is 12.8. The summed E-state index contributed by atoms with van der Waals surface area (Å²) in [5.74, 6) is 0. The number of rotatable bonds is 9. The third kappa shape index (κ3) is 5.55. The van der Waals surface area contributed by atoms with Crippen molar-refractivity contribution in [2.75, 3.05) is 13.2 Å². The Bertz CT molecular complexity index is 451. The first-order chi connectivity index (χ1) is 9.53. The van der Waals surface area contributed by atoms with E-state index in [0.717, 1.165) is 17.4 Å². The van der Waals surface area contributed by atoms with Crippen LogP contribution in [0.5, 0.6) is 0 Å². The van der Waals surface area contributed by atoms with E-state index in [1.807, 2.05) is 24.3 Å². The Morgan fingerprint density at radius 2 is 1.65 bits per heavy atom. The minimum absolute atomic E-state index is 0.245. The van der Waals surface area contributed by atoms with Crippen molar-refractivity contribution in [2.24, 2.45) is 5.73 Å². The summed E-state index contributed by atoms with van der Waals surface area (Å²) in [6.07, 6.45) is 1.47. The molecule has 1 aromatic carbocycles. The van der Waals surface area contributed by atoms with Crippen molar-refractivity contribution >= 4 is 13.9 Å². The minimum Gasteiger partial charge on any atom is -0.321 e. The van der Waals surface area contributed by atoms with Gasteiger partial charge in [-0.05, 0) is 31.4 Å². The molecule has 1 rings (SSSR count). The summed E-state index contributed by atoms with van der Waals surface area (Å²) in [7, 11) is -3.07. The predicted molar refractivity (Wildman–Crippen MR) is 78.7 cm³/mol. The van der Waals surface area contributed by atoms with E-state index in [-0.39, 0.29) is 6.16 Å². The summed E-state index contributed by atoms with van der Waals surface area (Å²) >= 11 is 0. The summed E-state index contributed by atoms with van der Waals surface area (Å²) in [4.78, 5) is 10.5. The van der Waals surface area contributed by atoms with Gasteiger partial charge >= 0.3 is 7.60 Å². The van der Waals surface area contributed by atoms with Crippen molar-refractivity contribution in [1.29, 1.82) is 0 Å². The highest BCUT2D eigenvalue weighted by molar-refractivity contribution is 7.53. The normalized spacial score (nSPS) is 13.2. The van der Waals surface area contributed by atoms with Crippen LogP contribution < -0.4 is 5.73 Å². The van der Waals surface area contributed by atoms with Gasteiger partial charge in [0.1, 0.15) is 6.29 Å². The van der Waals surface area contributed by atoms with E-state index >= 15 is 0 Å². The first-order valence-electron chi connectivity index (χ1n) is 6.69. The second kappa shape index (κ2) is 8.32. The number of carbonyl (C=O) groups excluding carboxylic acids is 1. The molecule has 2 N–H and O–H groups in total. The molecular formula is C14H22NO4P. The first kappa shape index (κ1) is 17.1. The van der Waals surface area contributed by atoms with Crippen LogP contribution in [0.25, 0.3) is 0 Å². The van der Waals surface area contributed by atoms with Gasteiger partial charge in [-0.15, -0.1) is 0 Å². The van der Waals surface area contributed by atoms with Crippen LogP contribution in [0.3, 0.4) is 0 Å². The maximum Gasteiger partial charge on any atom is 0.335 e. The lowest BCUT2D eigenvalue weighted by molar-refractivity contribution is -0.108. The Morgan fingerprint density at radius 1 is 1.15 bits per heavy atom. The van der Waals surface area contributed by atoms with Crippen LogP contribution in [-0.2, 0) is 31.0 Å². The molecule has 6 heteroatoms. The first-order valence-corrected chi connectivity index (χ1v) is 8.42. The molecule has 20 heavy (non-hydrogen) atoms. The van der Waals surface area contributed by atoms with Crippen LogP contribution in [-0.4, -0.2) is 25.5 Å². The van der Waals surface area contributed by atoms with Crippen LogP contribution in [0.2, 0.25) is 0 Å². The van der Waals surface area contributed by atoms with Crippen LogP contribution >= 0.6 is 7.60 Å². The maximum absolute atomic E-state index is 12.4. The van der Waals surface area contributed by atoms with E-state index in [4.69, 9.17) is 14.8 Å². The summed E-state index contributed by atoms with van der Waals surface area (Å²) in [5.41, 5.74) is 7.41. The highest BCUT2D eigenvalue weighted by Gasteiger charge is 2.23. The molecule has 0 aliphatic heterocycles. The standard InChI is InChI=1S/C14H22NO4P/c1-3-18-20(17,19-4-2)11-13-7-5-12(6-8-13)9-14(15)10-16/h5-8,10,14H,3-4,9,11,15H2,1-2H3/t14-/m0/s1. The van der Waals surface area contributed by atoms with E-state index in [0.29, 0.717) is 19.6 Å². The SMILES string of the molecule is CCOP(=O)(Cc1ccc(C[C@H](N)C=O)cc1)OCC. The molecular weight excluding hydrogens is 277 g/mol. The fourth-order valence-corrected chi connectivity index (χ4v) is 3.55. The number of carbonyl (C=O) groups is 1. The quantitative estimate of drug-likeness (QED) is 0.560. The highest BCUT2D eigenvalue weighted by atomic mass is 31.2. The molecule has 0 radical (unpaired) electrons. The Kier molecular flexibility index (Phi) is 7.10. The number of nitrogens with two attached hydrogens (primary N) is 1. The lowest BCUT2D eigenvalue weighted by Gasteiger charge is -2.17. The van der Waals surface area contributed by atoms with Crippen molar-refractivity contribution in [3.8, 4) is 0 Å². The van der Waals surface area contributed by atoms with Gasteiger partial charge in [0.05, 0.1) is 25.4 Å². The Morgan fingerprint density at radius 3 is 2.10 bits per heavy atom. The molecule has 0 aliphatic carbocycles. The fourth-order valence-electron chi connectivity index (χ4n) is 1.85. The Balaban J connectivity index is 2.72. The monoisotopic (exact) mass is 299 g/mol. The average Bonchev–Trinajstić information content (AvgIpc) is 2.41. The zero-order chi connectivity index (χ0) is 15.0. The van der Waals surface area contributed by atoms with Gasteiger partial charge in [-0.3, -0.25) is 4.57 Å². The lowest BCUT2D eigenvalue weighted by atomic mass is 10.1. The second-order valence-electron chi connectivity index (χ2n) is 4.43. The molecule has 1 aromatic rings. The van der Waals surface area contributed by atoms with Crippen molar-refractivity contribution in [2.45, 2.75) is 32.5 Å². The Hall–Kier alpha value is -1.00. The third-order valence-corrected chi connectivity index (χ3v) is 4.75. The second-order valence-corrected chi connectivity index (χ2v) is 6.48. The molecule has 0 aliphatic rings. The van der Waals surface area contributed by atoms with Crippen molar-refractivity contribution < 1.29 is 18.4 Å². The van der Waals surface area contributed by atoms with E-state index in [9.17, 15) is 9.36 Å². The molecule has 0 unspecified atom stereocenters. The van der Waals surface area contributed by atoms with Gasteiger partial charge < -0.3 is 19.6 Å². The molecule has 0 spiro atoms. The topological polar surface area (TPSA) is 78.6 Å². The Labute approximate surface area is 120 Å². The van der Waals surface area contributed by atoms with Crippen LogP contribution in [0.4, 0.5) is 0 Å². The smallest absolute Gasteiger partial charge is 0.321 e. The van der Waals surface area contributed by atoms with Gasteiger partial charge in [0.15, 0.2) is 0 Å². The van der Waals surface area contributed by atoms with Crippen molar-refractivity contribution in [1.82, 2.24) is 0 Å². The number of hydrogen-bond donors (Lipinski definition) is 1. The molecule has 0 fully saturated rings. The zero-order valence-electron chi connectivity index (χ0n) is 12.0. The van der Waals surface area contributed by atoms with Crippen LogP contribution in [0.1, 0.15) is 25.0 Å². The number of hydrogen-bond acceptors (Lipinski definition) is 5. The van der Waals surface area contributed by atoms with Gasteiger partial charge in [0.2, 0.25) is 0 Å². The van der Waals surface area contributed by atoms with Gasteiger partial charge in [-0.1, -0.05) is 24.3 Å². The van der Waals surface area contributed by atoms with Gasteiger partial charge in [0.25, 0.3) is 0 Å². The maximum atomic E-state index is 12.4. The number of aldehydes is 1. The van der Waals surface area contributed by atoms with Gasteiger partial charge in [0, 0.05) is 0 Å². The van der Waals surface area contributed by atoms with Crippen LogP contribution in [0.15, 0.2) is 24.3 Å². The van der Waals surface area contributed by atoms with Gasteiger partial charge in [-0.2, -0.15) is 0 Å². The molecule has 112 valence electrons. The van der Waals surface area contributed by atoms with Crippen molar-refractivity contribution in [3.63, 3.8) is 0 Å².